The molecule has 0 saturated heterocycles. The van der Waals surface area contributed by atoms with Crippen molar-refractivity contribution in [1.29, 1.82) is 0 Å². The Balaban J connectivity index is 1.47. The van der Waals surface area contributed by atoms with Crippen molar-refractivity contribution < 1.29 is 9.47 Å². The van der Waals surface area contributed by atoms with Crippen LogP contribution in [0, 0.1) is 0 Å². The lowest BCUT2D eigenvalue weighted by molar-refractivity contribution is 0.300. The fourth-order valence-electron chi connectivity index (χ4n) is 1.97. The lowest BCUT2D eigenvalue weighted by Gasteiger charge is -2.06. The number of ether oxygens (including phenoxy) is 2. The van der Waals surface area contributed by atoms with Gasteiger partial charge in [-0.15, -0.1) is 11.3 Å². The molecule has 1 aliphatic rings. The molecule has 2 aromatic rings. The summed E-state index contributed by atoms with van der Waals surface area (Å²) in [5.74, 6) is 1.70. The number of nitrogens with zero attached hydrogens (tertiary/aromatic N) is 1. The van der Waals surface area contributed by atoms with Crippen LogP contribution >= 0.6 is 11.3 Å². The lowest BCUT2D eigenvalue weighted by Crippen LogP contribution is -2.15. The van der Waals surface area contributed by atoms with Crippen LogP contribution in [-0.2, 0) is 13.2 Å². The summed E-state index contributed by atoms with van der Waals surface area (Å²) in [6, 6.07) is 8.41. The van der Waals surface area contributed by atoms with Gasteiger partial charge in [0.25, 0.3) is 0 Å². The highest BCUT2D eigenvalue weighted by Gasteiger charge is 2.20. The average molecular weight is 304 g/mol. The van der Waals surface area contributed by atoms with Crippen molar-refractivity contribution in [3.63, 3.8) is 0 Å². The van der Waals surface area contributed by atoms with E-state index in [2.05, 4.69) is 15.7 Å². The molecule has 0 spiro atoms. The molecule has 1 aromatic heterocycles. The molecule has 3 rings (SSSR count). The third-order valence-corrected chi connectivity index (χ3v) is 4.14. The molecule has 0 unspecified atom stereocenters. The molecular weight excluding hydrogens is 284 g/mol. The summed E-state index contributed by atoms with van der Waals surface area (Å²) in [5.41, 5.74) is 0.987. The van der Waals surface area contributed by atoms with Crippen molar-refractivity contribution in [3.8, 4) is 11.5 Å². The fourth-order valence-corrected chi connectivity index (χ4v) is 2.70. The first-order chi connectivity index (χ1) is 10.3. The number of rotatable bonds is 8. The maximum atomic E-state index is 5.74. The fraction of sp³-hybridized carbons (Fsp3) is 0.438. The molecule has 1 N–H and O–H groups in total. The highest BCUT2D eigenvalue weighted by molar-refractivity contribution is 7.09. The van der Waals surface area contributed by atoms with Gasteiger partial charge in [0, 0.05) is 18.0 Å². The molecule has 1 aromatic carbocycles. The molecule has 112 valence electrons. The van der Waals surface area contributed by atoms with Gasteiger partial charge in [-0.3, -0.25) is 0 Å². The van der Waals surface area contributed by atoms with Crippen LogP contribution in [0.3, 0.4) is 0 Å². The highest BCUT2D eigenvalue weighted by atomic mass is 32.1. The van der Waals surface area contributed by atoms with E-state index in [-0.39, 0.29) is 0 Å². The number of nitrogens with one attached hydrogen (secondary N) is 1. The largest absolute Gasteiger partial charge is 0.494 e. The smallest absolute Gasteiger partial charge is 0.131 e. The van der Waals surface area contributed by atoms with Crippen molar-refractivity contribution >= 4 is 11.3 Å². The van der Waals surface area contributed by atoms with E-state index in [0.29, 0.717) is 13.2 Å². The molecule has 0 aliphatic heterocycles. The average Bonchev–Trinajstić information content (AvgIpc) is 3.23. The van der Waals surface area contributed by atoms with E-state index in [1.807, 2.05) is 31.2 Å². The van der Waals surface area contributed by atoms with Gasteiger partial charge in [0.2, 0.25) is 0 Å². The monoisotopic (exact) mass is 304 g/mol. The van der Waals surface area contributed by atoms with E-state index < -0.39 is 0 Å². The van der Waals surface area contributed by atoms with Crippen LogP contribution < -0.4 is 14.8 Å². The third kappa shape index (κ3) is 4.44. The zero-order valence-electron chi connectivity index (χ0n) is 12.2. The number of aromatic nitrogens is 1. The number of hydrogen-bond acceptors (Lipinski definition) is 5. The summed E-state index contributed by atoms with van der Waals surface area (Å²) in [4.78, 5) is 4.58. The zero-order valence-corrected chi connectivity index (χ0v) is 13.0. The first-order valence-electron chi connectivity index (χ1n) is 7.36. The standard InChI is InChI=1S/C16H20N2O2S/c1-2-19-14-5-7-15(8-6-14)20-10-13-11-21-16(18-13)9-17-12-3-4-12/h5-8,11-12,17H,2-4,9-10H2,1H3. The maximum Gasteiger partial charge on any atom is 0.131 e. The van der Waals surface area contributed by atoms with E-state index in [4.69, 9.17) is 9.47 Å². The molecule has 1 aliphatic carbocycles. The molecule has 0 atom stereocenters. The minimum Gasteiger partial charge on any atom is -0.494 e. The van der Waals surface area contributed by atoms with E-state index in [9.17, 15) is 0 Å². The molecule has 5 heteroatoms. The lowest BCUT2D eigenvalue weighted by atomic mass is 10.3. The van der Waals surface area contributed by atoms with E-state index in [0.717, 1.165) is 34.8 Å². The van der Waals surface area contributed by atoms with Gasteiger partial charge in [-0.25, -0.2) is 4.98 Å². The van der Waals surface area contributed by atoms with Gasteiger partial charge in [0.15, 0.2) is 0 Å². The van der Waals surface area contributed by atoms with Crippen LogP contribution in [0.5, 0.6) is 11.5 Å². The quantitative estimate of drug-likeness (QED) is 0.812. The van der Waals surface area contributed by atoms with E-state index >= 15 is 0 Å². The van der Waals surface area contributed by atoms with E-state index in [1.165, 1.54) is 12.8 Å². The first kappa shape index (κ1) is 14.4. The van der Waals surface area contributed by atoms with Gasteiger partial charge < -0.3 is 14.8 Å². The molecular formula is C16H20N2O2S. The molecule has 0 radical (unpaired) electrons. The minimum absolute atomic E-state index is 0.508. The van der Waals surface area contributed by atoms with Crippen LogP contribution in [0.15, 0.2) is 29.6 Å². The second-order valence-electron chi connectivity index (χ2n) is 5.08. The summed E-state index contributed by atoms with van der Waals surface area (Å²) in [6.45, 7) is 4.03. The minimum atomic E-state index is 0.508. The normalized spacial score (nSPS) is 14.1. The summed E-state index contributed by atoms with van der Waals surface area (Å²) in [7, 11) is 0. The van der Waals surface area contributed by atoms with Crippen molar-refractivity contribution in [1.82, 2.24) is 10.3 Å². The molecule has 0 amide bonds. The maximum absolute atomic E-state index is 5.74. The first-order valence-corrected chi connectivity index (χ1v) is 8.24. The predicted octanol–water partition coefficient (Wildman–Crippen LogP) is 3.37. The number of benzene rings is 1. The Morgan fingerprint density at radius 1 is 1.19 bits per heavy atom. The molecule has 21 heavy (non-hydrogen) atoms. The number of hydrogen-bond donors (Lipinski definition) is 1. The van der Waals surface area contributed by atoms with Crippen LogP contribution in [-0.4, -0.2) is 17.6 Å². The second-order valence-corrected chi connectivity index (χ2v) is 6.02. The Bertz CT molecular complexity index is 564. The molecule has 0 bridgehead atoms. The number of thiazole rings is 1. The van der Waals surface area contributed by atoms with Crippen molar-refractivity contribution in [2.45, 2.75) is 39.0 Å². The Morgan fingerprint density at radius 3 is 2.57 bits per heavy atom. The van der Waals surface area contributed by atoms with Crippen LogP contribution in [0.25, 0.3) is 0 Å². The van der Waals surface area contributed by atoms with Crippen molar-refractivity contribution in [2.75, 3.05) is 6.61 Å². The molecule has 1 heterocycles. The SMILES string of the molecule is CCOc1ccc(OCc2csc(CNC3CC3)n2)cc1. The predicted molar refractivity (Wildman–Crippen MR) is 83.9 cm³/mol. The van der Waals surface area contributed by atoms with Gasteiger partial charge in [-0.05, 0) is 44.0 Å². The van der Waals surface area contributed by atoms with Crippen LogP contribution in [0.1, 0.15) is 30.5 Å². The van der Waals surface area contributed by atoms with Gasteiger partial charge in [-0.1, -0.05) is 0 Å². The van der Waals surface area contributed by atoms with Crippen molar-refractivity contribution in [2.24, 2.45) is 0 Å². The Morgan fingerprint density at radius 2 is 1.90 bits per heavy atom. The Kier molecular flexibility index (Phi) is 4.72. The summed E-state index contributed by atoms with van der Waals surface area (Å²) < 4.78 is 11.1. The summed E-state index contributed by atoms with van der Waals surface area (Å²) >= 11 is 1.69. The Hall–Kier alpha value is -1.59. The van der Waals surface area contributed by atoms with Crippen molar-refractivity contribution in [3.05, 3.63) is 40.3 Å². The van der Waals surface area contributed by atoms with Gasteiger partial charge >= 0.3 is 0 Å². The molecule has 1 fully saturated rings. The van der Waals surface area contributed by atoms with E-state index in [1.54, 1.807) is 11.3 Å². The van der Waals surface area contributed by atoms with Crippen LogP contribution in [0.4, 0.5) is 0 Å². The molecule has 4 nitrogen and oxygen atoms in total. The summed E-state index contributed by atoms with van der Waals surface area (Å²) in [6.07, 6.45) is 2.61. The zero-order chi connectivity index (χ0) is 14.5. The summed E-state index contributed by atoms with van der Waals surface area (Å²) in [5, 5.41) is 6.67. The van der Waals surface area contributed by atoms with Gasteiger partial charge in [0.1, 0.15) is 23.1 Å². The van der Waals surface area contributed by atoms with Gasteiger partial charge in [0.05, 0.1) is 12.3 Å². The highest BCUT2D eigenvalue weighted by Crippen LogP contribution is 2.21. The topological polar surface area (TPSA) is 43.4 Å². The third-order valence-electron chi connectivity index (χ3n) is 3.24. The second kappa shape index (κ2) is 6.91. The van der Waals surface area contributed by atoms with Crippen LogP contribution in [0.2, 0.25) is 0 Å². The Labute approximate surface area is 129 Å². The molecule has 1 saturated carbocycles. The van der Waals surface area contributed by atoms with Gasteiger partial charge in [-0.2, -0.15) is 0 Å².